The molecule has 1 heterocycles. The fourth-order valence-electron chi connectivity index (χ4n) is 4.35. The molecule has 6 heteroatoms. The predicted molar refractivity (Wildman–Crippen MR) is 108 cm³/mol. The molecule has 1 N–H and O–H groups in total. The maximum atomic E-state index is 13.6. The first-order valence-corrected chi connectivity index (χ1v) is 10.7. The normalized spacial score (nSPS) is 29.5. The lowest BCUT2D eigenvalue weighted by molar-refractivity contribution is -0.214. The second-order valence-electron chi connectivity index (χ2n) is 8.64. The Balaban J connectivity index is 2.32. The summed E-state index contributed by atoms with van der Waals surface area (Å²) in [5.41, 5.74) is 1.18. The largest absolute Gasteiger partial charge is 0.436 e. The molecule has 0 radical (unpaired) electrons. The van der Waals surface area contributed by atoms with Crippen molar-refractivity contribution in [1.82, 2.24) is 10.2 Å². The van der Waals surface area contributed by atoms with Crippen LogP contribution in [0.1, 0.15) is 73.1 Å². The number of allylic oxidation sites excluding steroid dienone is 4. The standard InChI is InChI=1S/C21H35ClF2N2O/c1-6-16(11-12-17(14-22)27-21(23,24)7-2)26-15-19(3,4)25-18-10-8-9-13-20(18,26)5/h11-12,18,25H,6-10,13-15H2,1-5H3. The average molecular weight is 405 g/mol. The van der Waals surface area contributed by atoms with E-state index in [0.717, 1.165) is 25.1 Å². The van der Waals surface area contributed by atoms with Crippen LogP contribution < -0.4 is 5.32 Å². The lowest BCUT2D eigenvalue weighted by Crippen LogP contribution is -2.72. The molecular weight excluding hydrogens is 370 g/mol. The number of halogens is 3. The van der Waals surface area contributed by atoms with Gasteiger partial charge in [0.15, 0.2) is 0 Å². The summed E-state index contributed by atoms with van der Waals surface area (Å²) in [6.45, 7) is 11.2. The minimum Gasteiger partial charge on any atom is -0.436 e. The molecule has 0 spiro atoms. The molecule has 1 saturated carbocycles. The maximum absolute atomic E-state index is 13.6. The Labute approximate surface area is 168 Å². The first kappa shape index (κ1) is 22.5. The van der Waals surface area contributed by atoms with Crippen molar-refractivity contribution in [3.63, 3.8) is 0 Å². The van der Waals surface area contributed by atoms with Gasteiger partial charge in [-0.15, -0.1) is 11.6 Å². The van der Waals surface area contributed by atoms with E-state index in [2.05, 4.69) is 37.9 Å². The van der Waals surface area contributed by atoms with Gasteiger partial charge in [0, 0.05) is 30.2 Å². The van der Waals surface area contributed by atoms with E-state index in [9.17, 15) is 8.78 Å². The Morgan fingerprint density at radius 3 is 2.56 bits per heavy atom. The molecule has 0 aromatic carbocycles. The molecule has 2 aliphatic rings. The van der Waals surface area contributed by atoms with Gasteiger partial charge >= 0.3 is 6.11 Å². The van der Waals surface area contributed by atoms with E-state index in [1.807, 2.05) is 6.08 Å². The first-order chi connectivity index (χ1) is 12.6. The first-order valence-electron chi connectivity index (χ1n) is 10.1. The molecule has 3 nitrogen and oxygen atoms in total. The summed E-state index contributed by atoms with van der Waals surface area (Å²) in [7, 11) is 0. The monoisotopic (exact) mass is 404 g/mol. The van der Waals surface area contributed by atoms with Crippen LogP contribution >= 0.6 is 11.6 Å². The van der Waals surface area contributed by atoms with Crippen molar-refractivity contribution in [3.8, 4) is 0 Å². The van der Waals surface area contributed by atoms with E-state index in [-0.39, 0.29) is 29.1 Å². The lowest BCUT2D eigenvalue weighted by atomic mass is 9.73. The van der Waals surface area contributed by atoms with Gasteiger partial charge in [0.1, 0.15) is 5.76 Å². The van der Waals surface area contributed by atoms with Crippen LogP contribution in [0.3, 0.4) is 0 Å². The molecular formula is C21H35ClF2N2O. The Morgan fingerprint density at radius 1 is 1.26 bits per heavy atom. The minimum atomic E-state index is -3.18. The maximum Gasteiger partial charge on any atom is 0.397 e. The number of hydrogen-bond acceptors (Lipinski definition) is 3. The van der Waals surface area contributed by atoms with E-state index in [4.69, 9.17) is 16.3 Å². The zero-order chi connectivity index (χ0) is 20.3. The third-order valence-electron chi connectivity index (χ3n) is 5.91. The molecule has 0 aromatic rings. The van der Waals surface area contributed by atoms with Crippen LogP contribution in [-0.4, -0.2) is 40.6 Å². The number of nitrogens with zero attached hydrogens (tertiary/aromatic N) is 1. The van der Waals surface area contributed by atoms with Gasteiger partial charge in [-0.3, -0.25) is 0 Å². The predicted octanol–water partition coefficient (Wildman–Crippen LogP) is 5.81. The molecule has 1 aliphatic carbocycles. The van der Waals surface area contributed by atoms with E-state index in [1.165, 1.54) is 26.2 Å². The van der Waals surface area contributed by atoms with Gasteiger partial charge < -0.3 is 15.0 Å². The molecule has 0 bridgehead atoms. The quantitative estimate of drug-likeness (QED) is 0.329. The Hall–Kier alpha value is -0.810. The summed E-state index contributed by atoms with van der Waals surface area (Å²) in [5, 5.41) is 3.83. The second-order valence-corrected chi connectivity index (χ2v) is 8.91. The number of rotatable bonds is 7. The highest BCUT2D eigenvalue weighted by Gasteiger charge is 2.48. The number of ether oxygens (including phenoxy) is 1. The molecule has 0 amide bonds. The number of alkyl halides is 3. The van der Waals surface area contributed by atoms with Gasteiger partial charge in [0.2, 0.25) is 0 Å². The summed E-state index contributed by atoms with van der Waals surface area (Å²) in [5.74, 6) is 0.0324. The van der Waals surface area contributed by atoms with Crippen molar-refractivity contribution < 1.29 is 13.5 Å². The third-order valence-corrected chi connectivity index (χ3v) is 6.17. The highest BCUT2D eigenvalue weighted by molar-refractivity contribution is 6.19. The van der Waals surface area contributed by atoms with Gasteiger partial charge in [-0.05, 0) is 52.2 Å². The van der Waals surface area contributed by atoms with E-state index >= 15 is 0 Å². The molecule has 1 saturated heterocycles. The van der Waals surface area contributed by atoms with Crippen molar-refractivity contribution in [1.29, 1.82) is 0 Å². The zero-order valence-corrected chi connectivity index (χ0v) is 18.1. The summed E-state index contributed by atoms with van der Waals surface area (Å²) in [4.78, 5) is 2.49. The van der Waals surface area contributed by atoms with Gasteiger partial charge in [-0.2, -0.15) is 8.78 Å². The zero-order valence-electron chi connectivity index (χ0n) is 17.4. The summed E-state index contributed by atoms with van der Waals surface area (Å²) >= 11 is 5.85. The Morgan fingerprint density at radius 2 is 1.96 bits per heavy atom. The smallest absolute Gasteiger partial charge is 0.397 e. The molecule has 1 aliphatic heterocycles. The topological polar surface area (TPSA) is 24.5 Å². The van der Waals surface area contributed by atoms with Crippen LogP contribution in [-0.2, 0) is 4.74 Å². The number of nitrogens with one attached hydrogen (secondary N) is 1. The van der Waals surface area contributed by atoms with Crippen molar-refractivity contribution in [2.75, 3.05) is 12.4 Å². The van der Waals surface area contributed by atoms with Gasteiger partial charge in [-0.25, -0.2) is 0 Å². The van der Waals surface area contributed by atoms with Crippen LogP contribution in [0.25, 0.3) is 0 Å². The van der Waals surface area contributed by atoms with Crippen LogP contribution in [0.4, 0.5) is 8.78 Å². The fraction of sp³-hybridized carbons (Fsp3) is 0.810. The number of hydrogen-bond donors (Lipinski definition) is 1. The lowest BCUT2D eigenvalue weighted by Gasteiger charge is -2.59. The highest BCUT2D eigenvalue weighted by Crippen LogP contribution is 2.41. The Kier molecular flexibility index (Phi) is 7.23. The van der Waals surface area contributed by atoms with Crippen molar-refractivity contribution in [3.05, 3.63) is 23.6 Å². The molecule has 2 rings (SSSR count). The second kappa shape index (κ2) is 8.69. The molecule has 27 heavy (non-hydrogen) atoms. The third kappa shape index (κ3) is 5.38. The van der Waals surface area contributed by atoms with Crippen molar-refractivity contribution in [2.45, 2.75) is 96.4 Å². The number of piperazine rings is 1. The van der Waals surface area contributed by atoms with Crippen LogP contribution in [0, 0.1) is 0 Å². The van der Waals surface area contributed by atoms with Crippen LogP contribution in [0.2, 0.25) is 0 Å². The molecule has 0 aromatic heterocycles. The minimum absolute atomic E-state index is 0.000543. The molecule has 2 unspecified atom stereocenters. The van der Waals surface area contributed by atoms with Gasteiger partial charge in [0.25, 0.3) is 0 Å². The van der Waals surface area contributed by atoms with Crippen molar-refractivity contribution in [2.24, 2.45) is 0 Å². The van der Waals surface area contributed by atoms with Crippen LogP contribution in [0.15, 0.2) is 23.6 Å². The van der Waals surface area contributed by atoms with E-state index in [0.29, 0.717) is 6.04 Å². The summed E-state index contributed by atoms with van der Waals surface area (Å²) in [6, 6.07) is 0.433. The summed E-state index contributed by atoms with van der Waals surface area (Å²) < 4.78 is 32.0. The van der Waals surface area contributed by atoms with Crippen LogP contribution in [0.5, 0.6) is 0 Å². The Bertz CT molecular complexity index is 577. The average Bonchev–Trinajstić information content (AvgIpc) is 2.61. The van der Waals surface area contributed by atoms with Gasteiger partial charge in [0.05, 0.1) is 11.4 Å². The molecule has 2 atom stereocenters. The highest BCUT2D eigenvalue weighted by atomic mass is 35.5. The van der Waals surface area contributed by atoms with Gasteiger partial charge in [-0.1, -0.05) is 26.7 Å². The van der Waals surface area contributed by atoms with E-state index in [1.54, 1.807) is 6.08 Å². The fourth-order valence-corrected chi connectivity index (χ4v) is 4.49. The van der Waals surface area contributed by atoms with Crippen molar-refractivity contribution >= 4 is 11.6 Å². The number of fused-ring (bicyclic) bond motifs is 1. The molecule has 156 valence electrons. The SMILES string of the molecule is CCC(=CC=C(CCl)OC(F)(F)CC)N1CC(C)(C)NC2CCCCC21C. The summed E-state index contributed by atoms with van der Waals surface area (Å²) in [6.07, 6.45) is 5.57. The van der Waals surface area contributed by atoms with E-state index < -0.39 is 6.11 Å². The molecule has 2 fully saturated rings.